The Bertz CT molecular complexity index is 717. The summed E-state index contributed by atoms with van der Waals surface area (Å²) in [5.74, 6) is 0. The Kier molecular flexibility index (Phi) is 3.97. The highest BCUT2D eigenvalue weighted by atomic mass is 35.5. The highest BCUT2D eigenvalue weighted by Gasteiger charge is 2.08. The zero-order chi connectivity index (χ0) is 13.9. The fraction of sp³-hybridized carbons (Fsp3) is 0.125. The van der Waals surface area contributed by atoms with Crippen LogP contribution < -0.4 is 5.32 Å². The molecule has 0 spiro atoms. The molecule has 3 rings (SSSR count). The molecule has 3 aromatic rings. The topological polar surface area (TPSA) is 27.8 Å². The standard InChI is InChI=1S/C16H14Cl2N2/c17-12-7-5-11(6-8-12)9-19-10-15-16(18)13-3-1-2-4-14(13)20-15/h1-8,19-20H,9-10H2. The molecule has 2 nitrogen and oxygen atoms in total. The summed E-state index contributed by atoms with van der Waals surface area (Å²) in [7, 11) is 0. The molecule has 102 valence electrons. The van der Waals surface area contributed by atoms with Gasteiger partial charge in [0.15, 0.2) is 0 Å². The average Bonchev–Trinajstić information content (AvgIpc) is 2.78. The molecule has 0 atom stereocenters. The first-order valence-corrected chi connectivity index (χ1v) is 7.20. The molecule has 0 aliphatic heterocycles. The quantitative estimate of drug-likeness (QED) is 0.714. The second-order valence-electron chi connectivity index (χ2n) is 4.69. The van der Waals surface area contributed by atoms with Crippen LogP contribution in [0.5, 0.6) is 0 Å². The van der Waals surface area contributed by atoms with Gasteiger partial charge >= 0.3 is 0 Å². The maximum atomic E-state index is 6.37. The van der Waals surface area contributed by atoms with Gasteiger partial charge in [0.25, 0.3) is 0 Å². The van der Waals surface area contributed by atoms with Crippen LogP contribution in [0.15, 0.2) is 48.5 Å². The number of H-pyrrole nitrogens is 1. The van der Waals surface area contributed by atoms with E-state index in [0.29, 0.717) is 6.54 Å². The minimum Gasteiger partial charge on any atom is -0.356 e. The van der Waals surface area contributed by atoms with E-state index in [1.807, 2.05) is 48.5 Å². The molecule has 0 bridgehead atoms. The first-order chi connectivity index (χ1) is 9.74. The summed E-state index contributed by atoms with van der Waals surface area (Å²) in [5.41, 5.74) is 3.28. The Morgan fingerprint density at radius 3 is 2.40 bits per heavy atom. The molecule has 2 aromatic carbocycles. The van der Waals surface area contributed by atoms with Gasteiger partial charge in [-0.3, -0.25) is 0 Å². The summed E-state index contributed by atoms with van der Waals surface area (Å²) >= 11 is 12.2. The normalized spacial score (nSPS) is 11.1. The lowest BCUT2D eigenvalue weighted by Gasteiger charge is -2.04. The van der Waals surface area contributed by atoms with Crippen molar-refractivity contribution in [3.05, 3.63) is 69.8 Å². The van der Waals surface area contributed by atoms with Crippen molar-refractivity contribution in [2.24, 2.45) is 0 Å². The van der Waals surface area contributed by atoms with Gasteiger partial charge in [0, 0.05) is 34.7 Å². The maximum absolute atomic E-state index is 6.37. The number of rotatable bonds is 4. The van der Waals surface area contributed by atoms with Gasteiger partial charge in [-0.15, -0.1) is 0 Å². The number of aromatic nitrogens is 1. The number of benzene rings is 2. The predicted octanol–water partition coefficient (Wildman–Crippen LogP) is 4.76. The minimum absolute atomic E-state index is 0.705. The predicted molar refractivity (Wildman–Crippen MR) is 85.3 cm³/mol. The lowest BCUT2D eigenvalue weighted by atomic mass is 10.2. The van der Waals surface area contributed by atoms with Crippen LogP contribution in [0, 0.1) is 0 Å². The van der Waals surface area contributed by atoms with Gasteiger partial charge in [-0.1, -0.05) is 53.5 Å². The molecule has 1 heterocycles. The molecule has 0 unspecified atom stereocenters. The molecule has 0 amide bonds. The van der Waals surface area contributed by atoms with Gasteiger partial charge in [0.05, 0.1) is 5.02 Å². The zero-order valence-electron chi connectivity index (χ0n) is 10.8. The van der Waals surface area contributed by atoms with Crippen molar-refractivity contribution in [3.63, 3.8) is 0 Å². The monoisotopic (exact) mass is 304 g/mol. The van der Waals surface area contributed by atoms with Gasteiger partial charge in [-0.2, -0.15) is 0 Å². The Morgan fingerprint density at radius 2 is 1.65 bits per heavy atom. The third-order valence-electron chi connectivity index (χ3n) is 3.26. The first-order valence-electron chi connectivity index (χ1n) is 6.44. The summed E-state index contributed by atoms with van der Waals surface area (Å²) in [6.07, 6.45) is 0. The van der Waals surface area contributed by atoms with E-state index >= 15 is 0 Å². The van der Waals surface area contributed by atoms with Gasteiger partial charge in [-0.25, -0.2) is 0 Å². The van der Waals surface area contributed by atoms with E-state index in [9.17, 15) is 0 Å². The number of hydrogen-bond acceptors (Lipinski definition) is 1. The SMILES string of the molecule is Clc1ccc(CNCc2[nH]c3ccccc3c2Cl)cc1. The third-order valence-corrected chi connectivity index (χ3v) is 3.94. The van der Waals surface area contributed by atoms with Crippen molar-refractivity contribution in [3.8, 4) is 0 Å². The van der Waals surface area contributed by atoms with Crippen molar-refractivity contribution in [1.82, 2.24) is 10.3 Å². The molecule has 0 aliphatic rings. The van der Waals surface area contributed by atoms with Crippen molar-refractivity contribution in [1.29, 1.82) is 0 Å². The number of fused-ring (bicyclic) bond motifs is 1. The summed E-state index contributed by atoms with van der Waals surface area (Å²) in [6.45, 7) is 1.49. The Labute approximate surface area is 127 Å². The van der Waals surface area contributed by atoms with Gasteiger partial charge in [-0.05, 0) is 23.8 Å². The molecule has 0 fully saturated rings. The summed E-state index contributed by atoms with van der Waals surface area (Å²) in [5, 5.41) is 6.00. The average molecular weight is 305 g/mol. The smallest absolute Gasteiger partial charge is 0.0705 e. The van der Waals surface area contributed by atoms with Gasteiger partial charge in [0.2, 0.25) is 0 Å². The van der Waals surface area contributed by atoms with Crippen molar-refractivity contribution in [2.45, 2.75) is 13.1 Å². The second kappa shape index (κ2) is 5.88. The molecule has 0 aliphatic carbocycles. The van der Waals surface area contributed by atoms with E-state index in [-0.39, 0.29) is 0 Å². The van der Waals surface area contributed by atoms with Crippen molar-refractivity contribution >= 4 is 34.1 Å². The third kappa shape index (κ3) is 2.83. The molecular formula is C16H14Cl2N2. The number of nitrogens with one attached hydrogen (secondary N) is 2. The van der Waals surface area contributed by atoms with Crippen LogP contribution in [0.2, 0.25) is 10.0 Å². The fourth-order valence-electron chi connectivity index (χ4n) is 2.22. The van der Waals surface area contributed by atoms with Crippen LogP contribution in [0.3, 0.4) is 0 Å². The van der Waals surface area contributed by atoms with Crippen LogP contribution >= 0.6 is 23.2 Å². The Morgan fingerprint density at radius 1 is 0.900 bits per heavy atom. The summed E-state index contributed by atoms with van der Waals surface area (Å²) in [4.78, 5) is 3.34. The number of para-hydroxylation sites is 1. The fourth-order valence-corrected chi connectivity index (χ4v) is 2.62. The number of halogens is 2. The minimum atomic E-state index is 0.705. The largest absolute Gasteiger partial charge is 0.356 e. The summed E-state index contributed by atoms with van der Waals surface area (Å²) < 4.78 is 0. The molecule has 4 heteroatoms. The molecule has 1 aromatic heterocycles. The van der Waals surface area contributed by atoms with Crippen LogP contribution in [0.4, 0.5) is 0 Å². The van der Waals surface area contributed by atoms with Crippen LogP contribution in [-0.2, 0) is 13.1 Å². The van der Waals surface area contributed by atoms with Crippen LogP contribution in [-0.4, -0.2) is 4.98 Å². The van der Waals surface area contributed by atoms with Crippen LogP contribution in [0.1, 0.15) is 11.3 Å². The highest BCUT2D eigenvalue weighted by Crippen LogP contribution is 2.26. The Hall–Kier alpha value is -1.48. The highest BCUT2D eigenvalue weighted by molar-refractivity contribution is 6.36. The van der Waals surface area contributed by atoms with Gasteiger partial charge < -0.3 is 10.3 Å². The second-order valence-corrected chi connectivity index (χ2v) is 5.51. The van der Waals surface area contributed by atoms with Gasteiger partial charge in [0.1, 0.15) is 0 Å². The molecule has 2 N–H and O–H groups in total. The first kappa shape index (κ1) is 13.5. The summed E-state index contributed by atoms with van der Waals surface area (Å²) in [6, 6.07) is 15.9. The molecular weight excluding hydrogens is 291 g/mol. The molecule has 0 saturated heterocycles. The number of hydrogen-bond donors (Lipinski definition) is 2. The van der Waals surface area contributed by atoms with E-state index < -0.39 is 0 Å². The van der Waals surface area contributed by atoms with Crippen LogP contribution in [0.25, 0.3) is 10.9 Å². The van der Waals surface area contributed by atoms with E-state index in [0.717, 1.165) is 33.2 Å². The zero-order valence-corrected chi connectivity index (χ0v) is 12.3. The lowest BCUT2D eigenvalue weighted by molar-refractivity contribution is 0.684. The lowest BCUT2D eigenvalue weighted by Crippen LogP contribution is -2.13. The van der Waals surface area contributed by atoms with Crippen molar-refractivity contribution < 1.29 is 0 Å². The van der Waals surface area contributed by atoms with E-state index in [1.165, 1.54) is 5.56 Å². The Balaban J connectivity index is 1.68. The van der Waals surface area contributed by atoms with E-state index in [2.05, 4.69) is 10.3 Å². The molecule has 0 saturated carbocycles. The molecule has 20 heavy (non-hydrogen) atoms. The molecule has 0 radical (unpaired) electrons. The number of aromatic amines is 1. The van der Waals surface area contributed by atoms with E-state index in [1.54, 1.807) is 0 Å². The van der Waals surface area contributed by atoms with E-state index in [4.69, 9.17) is 23.2 Å². The maximum Gasteiger partial charge on any atom is 0.0705 e. The van der Waals surface area contributed by atoms with Crippen molar-refractivity contribution in [2.75, 3.05) is 0 Å².